The average molecular weight is 585 g/mol. The number of aliphatic carboxylic acids is 1. The largest absolute Gasteiger partial charge is 0.496 e. The van der Waals surface area contributed by atoms with Gasteiger partial charge in [0.05, 0.1) is 33.3 Å². The minimum absolute atomic E-state index is 0.0781. The number of unbranched alkanes of at least 4 members (excludes halogenated alkanes) is 1. The molecular formula is C32H44N2O8. The van der Waals surface area contributed by atoms with E-state index in [9.17, 15) is 14.7 Å². The number of hydrogen-bond acceptors (Lipinski definition) is 8. The lowest BCUT2D eigenvalue weighted by Crippen LogP contribution is -2.44. The number of ether oxygens (including phenoxy) is 4. The van der Waals surface area contributed by atoms with Crippen molar-refractivity contribution >= 4 is 11.9 Å². The van der Waals surface area contributed by atoms with Gasteiger partial charge in [-0.3, -0.25) is 19.3 Å². The van der Waals surface area contributed by atoms with Gasteiger partial charge in [0.25, 0.3) is 5.91 Å². The van der Waals surface area contributed by atoms with Crippen molar-refractivity contribution < 1.29 is 38.5 Å². The molecule has 0 aliphatic carbocycles. The first-order valence-corrected chi connectivity index (χ1v) is 14.9. The van der Waals surface area contributed by atoms with Crippen LogP contribution >= 0.6 is 0 Å². The molecule has 230 valence electrons. The molecule has 42 heavy (non-hydrogen) atoms. The van der Waals surface area contributed by atoms with Gasteiger partial charge in [-0.05, 0) is 61.4 Å². The lowest BCUT2D eigenvalue weighted by molar-refractivity contribution is -0.188. The van der Waals surface area contributed by atoms with Crippen LogP contribution in [-0.2, 0) is 20.8 Å². The number of carbonyl (C=O) groups excluding carboxylic acids is 1. The Labute approximate surface area is 248 Å². The number of para-hydroxylation sites is 1. The van der Waals surface area contributed by atoms with Gasteiger partial charge in [0.15, 0.2) is 11.5 Å². The van der Waals surface area contributed by atoms with Crippen LogP contribution in [0.25, 0.3) is 0 Å². The van der Waals surface area contributed by atoms with Crippen LogP contribution in [0.3, 0.4) is 0 Å². The van der Waals surface area contributed by atoms with Gasteiger partial charge in [0.1, 0.15) is 5.75 Å². The minimum Gasteiger partial charge on any atom is -0.496 e. The van der Waals surface area contributed by atoms with Crippen molar-refractivity contribution in [1.29, 1.82) is 0 Å². The van der Waals surface area contributed by atoms with E-state index in [2.05, 4.69) is 6.92 Å². The predicted molar refractivity (Wildman–Crippen MR) is 157 cm³/mol. The number of hydrogen-bond donors (Lipinski definition) is 1. The van der Waals surface area contributed by atoms with Gasteiger partial charge in [-0.25, -0.2) is 5.06 Å². The maximum Gasteiger partial charge on any atom is 0.308 e. The molecule has 1 amide bonds. The second-order valence-corrected chi connectivity index (χ2v) is 10.8. The van der Waals surface area contributed by atoms with Gasteiger partial charge >= 0.3 is 5.97 Å². The third-order valence-corrected chi connectivity index (χ3v) is 8.06. The number of methoxy groups -OCH3 is 2. The smallest absolute Gasteiger partial charge is 0.308 e. The van der Waals surface area contributed by atoms with Crippen LogP contribution in [-0.4, -0.2) is 80.2 Å². The van der Waals surface area contributed by atoms with E-state index in [1.807, 2.05) is 48.2 Å². The van der Waals surface area contributed by atoms with E-state index in [0.717, 1.165) is 49.0 Å². The first kappa shape index (κ1) is 31.4. The van der Waals surface area contributed by atoms with Crippen LogP contribution in [0.5, 0.6) is 23.0 Å². The van der Waals surface area contributed by atoms with Crippen molar-refractivity contribution in [3.05, 3.63) is 47.5 Å². The highest BCUT2D eigenvalue weighted by molar-refractivity contribution is 5.78. The third kappa shape index (κ3) is 7.28. The number of carboxylic acid groups (broad SMARTS) is 1. The summed E-state index contributed by atoms with van der Waals surface area (Å²) >= 11 is 0. The van der Waals surface area contributed by atoms with E-state index in [1.165, 1.54) is 5.06 Å². The monoisotopic (exact) mass is 584 g/mol. The van der Waals surface area contributed by atoms with Gasteiger partial charge in [0.2, 0.25) is 12.5 Å². The number of carboxylic acids is 1. The Morgan fingerprint density at radius 1 is 1.05 bits per heavy atom. The Morgan fingerprint density at radius 3 is 2.55 bits per heavy atom. The summed E-state index contributed by atoms with van der Waals surface area (Å²) in [5.74, 6) is 0.219. The summed E-state index contributed by atoms with van der Waals surface area (Å²) in [6.45, 7) is 5.60. The quantitative estimate of drug-likeness (QED) is 0.276. The third-order valence-electron chi connectivity index (χ3n) is 8.06. The fraction of sp³-hybridized carbons (Fsp3) is 0.562. The molecular weight excluding hydrogens is 540 g/mol. The molecule has 0 bridgehead atoms. The summed E-state index contributed by atoms with van der Waals surface area (Å²) in [7, 11) is 3.20. The number of likely N-dealkylation sites (tertiary alicyclic amines) is 1. The molecule has 2 aliphatic rings. The maximum atomic E-state index is 13.5. The van der Waals surface area contributed by atoms with Gasteiger partial charge in [-0.1, -0.05) is 38.5 Å². The number of benzene rings is 2. The standard InChI is InChI=1S/C32H44N2O8/c1-5-7-15-34(42-16-6-2)29(35)20-33-19-24(23-17-27(39-4)31-28(18-23)40-21-41-31)30(32(36)37)25(33)13-10-12-22-11-8-9-14-26(22)38-3/h8-9,11,14,17-18,24-25,30H,5-7,10,12-13,15-16,19-21H2,1-4H3,(H,36,37)/t24-,25+,30-/m1/s1. The fourth-order valence-electron chi connectivity index (χ4n) is 5.98. The van der Waals surface area contributed by atoms with Crippen LogP contribution in [0.15, 0.2) is 36.4 Å². The topological polar surface area (TPSA) is 107 Å². The van der Waals surface area contributed by atoms with E-state index in [1.54, 1.807) is 14.2 Å². The Kier molecular flexibility index (Phi) is 11.3. The van der Waals surface area contributed by atoms with Crippen molar-refractivity contribution in [2.75, 3.05) is 47.3 Å². The average Bonchev–Trinajstić information content (AvgIpc) is 3.62. The van der Waals surface area contributed by atoms with Crippen molar-refractivity contribution in [3.8, 4) is 23.0 Å². The molecule has 10 nitrogen and oxygen atoms in total. The summed E-state index contributed by atoms with van der Waals surface area (Å²) in [6.07, 6.45) is 4.63. The Hall–Kier alpha value is -3.50. The summed E-state index contributed by atoms with van der Waals surface area (Å²) in [5.41, 5.74) is 1.86. The van der Waals surface area contributed by atoms with Crippen molar-refractivity contribution in [2.45, 2.75) is 64.3 Å². The van der Waals surface area contributed by atoms with E-state index >= 15 is 0 Å². The Morgan fingerprint density at radius 2 is 1.83 bits per heavy atom. The molecule has 2 heterocycles. The van der Waals surface area contributed by atoms with Gasteiger partial charge in [-0.15, -0.1) is 0 Å². The van der Waals surface area contributed by atoms with Crippen LogP contribution < -0.4 is 18.9 Å². The number of amides is 1. The number of nitrogens with zero attached hydrogens (tertiary/aromatic N) is 2. The molecule has 2 aromatic rings. The van der Waals surface area contributed by atoms with Gasteiger partial charge in [-0.2, -0.15) is 0 Å². The summed E-state index contributed by atoms with van der Waals surface area (Å²) in [4.78, 5) is 34.3. The minimum atomic E-state index is -0.890. The zero-order valence-electron chi connectivity index (χ0n) is 25.2. The van der Waals surface area contributed by atoms with Gasteiger partial charge in [0, 0.05) is 25.0 Å². The van der Waals surface area contributed by atoms with Crippen LogP contribution in [0.2, 0.25) is 0 Å². The van der Waals surface area contributed by atoms with Crippen LogP contribution in [0.1, 0.15) is 63.0 Å². The molecule has 0 spiro atoms. The normalized spacial score (nSPS) is 19.6. The fourth-order valence-corrected chi connectivity index (χ4v) is 5.98. The number of rotatable bonds is 16. The zero-order valence-corrected chi connectivity index (χ0v) is 25.2. The highest BCUT2D eigenvalue weighted by Gasteiger charge is 2.47. The lowest BCUT2D eigenvalue weighted by Gasteiger charge is -2.29. The van der Waals surface area contributed by atoms with E-state index in [-0.39, 0.29) is 31.2 Å². The lowest BCUT2D eigenvalue weighted by atomic mass is 9.83. The molecule has 0 aromatic heterocycles. The molecule has 10 heteroatoms. The van der Waals surface area contributed by atoms with Crippen LogP contribution in [0, 0.1) is 5.92 Å². The van der Waals surface area contributed by atoms with E-state index < -0.39 is 11.9 Å². The second-order valence-electron chi connectivity index (χ2n) is 10.8. The SMILES string of the molecule is CCCCN(OCCC)C(=O)CN1C[C@H](c2cc(OC)c3c(c2)OCO3)[C@@H](C(=O)O)[C@@H]1CCCc1ccccc1OC. The number of hydroxylamine groups is 2. The molecule has 1 fully saturated rings. The molecule has 2 aliphatic heterocycles. The zero-order chi connectivity index (χ0) is 30.1. The summed E-state index contributed by atoms with van der Waals surface area (Å²) in [5, 5.41) is 12.0. The van der Waals surface area contributed by atoms with E-state index in [4.69, 9.17) is 23.8 Å². The maximum absolute atomic E-state index is 13.5. The molecule has 1 saturated heterocycles. The highest BCUT2D eigenvalue weighted by Crippen LogP contribution is 2.47. The summed E-state index contributed by atoms with van der Waals surface area (Å²) in [6, 6.07) is 11.2. The number of carbonyl (C=O) groups is 2. The first-order chi connectivity index (χ1) is 20.4. The molecule has 3 atom stereocenters. The molecule has 4 rings (SSSR count). The number of aryl methyl sites for hydroxylation is 1. The molecule has 2 aromatic carbocycles. The molecule has 1 N–H and O–H groups in total. The van der Waals surface area contributed by atoms with Gasteiger partial charge < -0.3 is 24.1 Å². The van der Waals surface area contributed by atoms with Crippen molar-refractivity contribution in [3.63, 3.8) is 0 Å². The molecule has 0 unspecified atom stereocenters. The highest BCUT2D eigenvalue weighted by atomic mass is 16.7. The van der Waals surface area contributed by atoms with Crippen molar-refractivity contribution in [1.82, 2.24) is 9.96 Å². The molecule has 0 radical (unpaired) electrons. The Balaban J connectivity index is 1.61. The first-order valence-electron chi connectivity index (χ1n) is 14.9. The van der Waals surface area contributed by atoms with Crippen molar-refractivity contribution in [2.24, 2.45) is 5.92 Å². The van der Waals surface area contributed by atoms with E-state index in [0.29, 0.717) is 43.4 Å². The molecule has 0 saturated carbocycles. The number of fused-ring (bicyclic) bond motifs is 1. The Bertz CT molecular complexity index is 1200. The second kappa shape index (κ2) is 15.1. The van der Waals surface area contributed by atoms with Crippen LogP contribution in [0.4, 0.5) is 0 Å². The predicted octanol–water partition coefficient (Wildman–Crippen LogP) is 4.89. The summed E-state index contributed by atoms with van der Waals surface area (Å²) < 4.78 is 22.3.